The molecule has 2 aromatic carbocycles. The monoisotopic (exact) mass is 349 g/mol. The minimum absolute atomic E-state index is 0.199. The van der Waals surface area contributed by atoms with Crippen LogP contribution in [0.1, 0.15) is 18.2 Å². The zero-order valence-electron chi connectivity index (χ0n) is 15.0. The number of amides is 2. The summed E-state index contributed by atoms with van der Waals surface area (Å²) in [6, 6.07) is 17.6. The van der Waals surface area contributed by atoms with Crippen molar-refractivity contribution in [1.29, 1.82) is 0 Å². The maximum atomic E-state index is 11.8. The van der Waals surface area contributed by atoms with Crippen LogP contribution in [0.5, 0.6) is 0 Å². The standard InChI is InChI=1S/C20H23N5O/c1-3-21-20(26)24-19-11-7-10-18(15(19)2)22-14-17-12-13-23-25(17)16-8-5-4-6-9-16/h4-13,22H,3,14H2,1-2H3,(H2,21,24,26). The first-order chi connectivity index (χ1) is 12.7. The Kier molecular flexibility index (Phi) is 5.53. The van der Waals surface area contributed by atoms with E-state index in [0.29, 0.717) is 13.1 Å². The van der Waals surface area contributed by atoms with Gasteiger partial charge in [-0.1, -0.05) is 24.3 Å². The number of nitrogens with one attached hydrogen (secondary N) is 3. The topological polar surface area (TPSA) is 71.0 Å². The van der Waals surface area contributed by atoms with Crippen LogP contribution < -0.4 is 16.0 Å². The highest BCUT2D eigenvalue weighted by Crippen LogP contribution is 2.24. The molecule has 3 aromatic rings. The minimum Gasteiger partial charge on any atom is -0.379 e. The molecule has 0 radical (unpaired) electrons. The third-order valence-corrected chi connectivity index (χ3v) is 4.10. The second-order valence-corrected chi connectivity index (χ2v) is 5.89. The smallest absolute Gasteiger partial charge is 0.319 e. The van der Waals surface area contributed by atoms with Gasteiger partial charge in [0.2, 0.25) is 0 Å². The molecule has 1 heterocycles. The van der Waals surface area contributed by atoms with E-state index >= 15 is 0 Å². The van der Waals surface area contributed by atoms with Crippen molar-refractivity contribution < 1.29 is 4.79 Å². The fraction of sp³-hybridized carbons (Fsp3) is 0.200. The Bertz CT molecular complexity index is 873. The first kappa shape index (κ1) is 17.5. The maximum Gasteiger partial charge on any atom is 0.319 e. The largest absolute Gasteiger partial charge is 0.379 e. The van der Waals surface area contributed by atoms with Crippen molar-refractivity contribution in [2.24, 2.45) is 0 Å². The average Bonchev–Trinajstić information content (AvgIpc) is 3.12. The number of urea groups is 1. The summed E-state index contributed by atoms with van der Waals surface area (Å²) in [5.74, 6) is 0. The quantitative estimate of drug-likeness (QED) is 0.631. The number of rotatable bonds is 6. The van der Waals surface area contributed by atoms with Gasteiger partial charge >= 0.3 is 6.03 Å². The van der Waals surface area contributed by atoms with Crippen molar-refractivity contribution in [1.82, 2.24) is 15.1 Å². The van der Waals surface area contributed by atoms with Crippen LogP contribution in [-0.4, -0.2) is 22.4 Å². The van der Waals surface area contributed by atoms with Gasteiger partial charge in [0.25, 0.3) is 0 Å². The molecule has 0 bridgehead atoms. The first-order valence-electron chi connectivity index (χ1n) is 8.65. The summed E-state index contributed by atoms with van der Waals surface area (Å²) < 4.78 is 1.92. The lowest BCUT2D eigenvalue weighted by Crippen LogP contribution is -2.28. The molecule has 6 heteroatoms. The molecule has 6 nitrogen and oxygen atoms in total. The molecule has 0 atom stereocenters. The van der Waals surface area contributed by atoms with Crippen LogP contribution >= 0.6 is 0 Å². The van der Waals surface area contributed by atoms with E-state index in [9.17, 15) is 4.79 Å². The van der Waals surface area contributed by atoms with Crippen LogP contribution in [0.15, 0.2) is 60.8 Å². The zero-order valence-corrected chi connectivity index (χ0v) is 15.0. The number of hydrogen-bond acceptors (Lipinski definition) is 3. The molecule has 26 heavy (non-hydrogen) atoms. The second kappa shape index (κ2) is 8.20. The molecule has 1 aromatic heterocycles. The molecule has 0 spiro atoms. The Morgan fingerprint density at radius 2 is 1.81 bits per heavy atom. The number of hydrogen-bond donors (Lipinski definition) is 3. The molecule has 3 N–H and O–H groups in total. The van der Waals surface area contributed by atoms with Crippen LogP contribution in [0.4, 0.5) is 16.2 Å². The molecule has 0 saturated carbocycles. The van der Waals surface area contributed by atoms with E-state index in [1.54, 1.807) is 6.20 Å². The van der Waals surface area contributed by atoms with Crippen LogP contribution in [0.3, 0.4) is 0 Å². The Morgan fingerprint density at radius 1 is 1.04 bits per heavy atom. The van der Waals surface area contributed by atoms with Gasteiger partial charge in [-0.05, 0) is 49.7 Å². The highest BCUT2D eigenvalue weighted by Gasteiger charge is 2.09. The van der Waals surface area contributed by atoms with Crippen molar-refractivity contribution in [3.8, 4) is 5.69 Å². The SMILES string of the molecule is CCNC(=O)Nc1cccc(NCc2ccnn2-c2ccccc2)c1C. The predicted molar refractivity (Wildman–Crippen MR) is 105 cm³/mol. The molecular weight excluding hydrogens is 326 g/mol. The van der Waals surface area contributed by atoms with Crippen LogP contribution in [-0.2, 0) is 6.54 Å². The third kappa shape index (κ3) is 4.03. The van der Waals surface area contributed by atoms with Crippen LogP contribution in [0, 0.1) is 6.92 Å². The van der Waals surface area contributed by atoms with Gasteiger partial charge in [0.1, 0.15) is 0 Å². The van der Waals surface area contributed by atoms with E-state index in [1.807, 2.05) is 73.1 Å². The average molecular weight is 349 g/mol. The summed E-state index contributed by atoms with van der Waals surface area (Å²) in [5.41, 5.74) is 4.83. The molecule has 0 aliphatic carbocycles. The normalized spacial score (nSPS) is 10.4. The number of para-hydroxylation sites is 1. The summed E-state index contributed by atoms with van der Waals surface area (Å²) in [6.07, 6.45) is 1.80. The van der Waals surface area contributed by atoms with E-state index < -0.39 is 0 Å². The van der Waals surface area contributed by atoms with Crippen molar-refractivity contribution in [2.45, 2.75) is 20.4 Å². The molecule has 0 saturated heterocycles. The Hall–Kier alpha value is -3.28. The second-order valence-electron chi connectivity index (χ2n) is 5.89. The van der Waals surface area contributed by atoms with Crippen LogP contribution in [0.2, 0.25) is 0 Å². The summed E-state index contributed by atoms with van der Waals surface area (Å²) in [4.78, 5) is 11.8. The van der Waals surface area contributed by atoms with Crippen molar-refractivity contribution >= 4 is 17.4 Å². The zero-order chi connectivity index (χ0) is 18.4. The Labute approximate surface area is 153 Å². The highest BCUT2D eigenvalue weighted by molar-refractivity contribution is 5.91. The fourth-order valence-electron chi connectivity index (χ4n) is 2.74. The van der Waals surface area contributed by atoms with E-state index in [2.05, 4.69) is 21.0 Å². The number of aromatic nitrogens is 2. The molecule has 0 aliphatic heterocycles. The number of carbonyl (C=O) groups is 1. The van der Waals surface area contributed by atoms with Gasteiger partial charge in [0.05, 0.1) is 17.9 Å². The summed E-state index contributed by atoms with van der Waals surface area (Å²) >= 11 is 0. The van der Waals surface area contributed by atoms with Crippen molar-refractivity contribution in [3.63, 3.8) is 0 Å². The summed E-state index contributed by atoms with van der Waals surface area (Å²) in [7, 11) is 0. The summed E-state index contributed by atoms with van der Waals surface area (Å²) in [6.45, 7) is 5.09. The molecular formula is C20H23N5O. The molecule has 3 rings (SSSR count). The van der Waals surface area contributed by atoms with Crippen LogP contribution in [0.25, 0.3) is 5.69 Å². The lowest BCUT2D eigenvalue weighted by atomic mass is 10.1. The fourth-order valence-corrected chi connectivity index (χ4v) is 2.74. The lowest BCUT2D eigenvalue weighted by molar-refractivity contribution is 0.252. The molecule has 0 fully saturated rings. The van der Waals surface area contributed by atoms with Gasteiger partial charge < -0.3 is 16.0 Å². The van der Waals surface area contributed by atoms with Gasteiger partial charge in [0.15, 0.2) is 0 Å². The van der Waals surface area contributed by atoms with E-state index in [0.717, 1.165) is 28.3 Å². The summed E-state index contributed by atoms with van der Waals surface area (Å²) in [5, 5.41) is 13.5. The molecule has 134 valence electrons. The molecule has 0 unspecified atom stereocenters. The van der Waals surface area contributed by atoms with E-state index in [4.69, 9.17) is 0 Å². The predicted octanol–water partition coefficient (Wildman–Crippen LogP) is 3.93. The number of anilines is 2. The maximum absolute atomic E-state index is 11.8. The van der Waals surface area contributed by atoms with E-state index in [1.165, 1.54) is 0 Å². The third-order valence-electron chi connectivity index (χ3n) is 4.10. The van der Waals surface area contributed by atoms with Gasteiger partial charge in [-0.2, -0.15) is 5.10 Å². The van der Waals surface area contributed by atoms with Gasteiger partial charge in [-0.25, -0.2) is 9.48 Å². The van der Waals surface area contributed by atoms with Crippen molar-refractivity contribution in [3.05, 3.63) is 72.1 Å². The van der Waals surface area contributed by atoms with Gasteiger partial charge in [-0.3, -0.25) is 0 Å². The molecule has 0 aliphatic rings. The Balaban J connectivity index is 1.73. The van der Waals surface area contributed by atoms with E-state index in [-0.39, 0.29) is 6.03 Å². The van der Waals surface area contributed by atoms with Crippen molar-refractivity contribution in [2.75, 3.05) is 17.2 Å². The highest BCUT2D eigenvalue weighted by atomic mass is 16.2. The lowest BCUT2D eigenvalue weighted by Gasteiger charge is -2.15. The van der Waals surface area contributed by atoms with Gasteiger partial charge in [-0.15, -0.1) is 0 Å². The number of carbonyl (C=O) groups excluding carboxylic acids is 1. The number of nitrogens with zero attached hydrogens (tertiary/aromatic N) is 2. The Morgan fingerprint density at radius 3 is 2.58 bits per heavy atom. The van der Waals surface area contributed by atoms with Gasteiger partial charge in [0, 0.05) is 24.1 Å². The molecule has 2 amide bonds. The first-order valence-corrected chi connectivity index (χ1v) is 8.65. The number of benzene rings is 2. The minimum atomic E-state index is -0.199.